The lowest BCUT2D eigenvalue weighted by molar-refractivity contribution is 0.254. The van der Waals surface area contributed by atoms with E-state index in [1.165, 1.54) is 21.4 Å². The second kappa shape index (κ2) is 4.50. The van der Waals surface area contributed by atoms with Gasteiger partial charge in [0, 0.05) is 6.07 Å². The molecule has 1 aliphatic heterocycles. The van der Waals surface area contributed by atoms with Crippen LogP contribution in [0.15, 0.2) is 21.9 Å². The third-order valence-corrected chi connectivity index (χ3v) is 4.01. The highest BCUT2D eigenvalue weighted by Crippen LogP contribution is 2.24. The minimum absolute atomic E-state index is 0.187. The largest absolute Gasteiger partial charge is 0.289 e. The van der Waals surface area contributed by atoms with Crippen LogP contribution in [0.3, 0.4) is 0 Å². The van der Waals surface area contributed by atoms with Gasteiger partial charge in [0.05, 0.1) is 31.6 Å². The fraction of sp³-hybridized carbons (Fsp3) is 0.417. The first-order valence-corrected chi connectivity index (χ1v) is 8.05. The van der Waals surface area contributed by atoms with Gasteiger partial charge in [-0.05, 0) is 12.5 Å². The topological polar surface area (TPSA) is 100 Å². The molecule has 0 saturated heterocycles. The first-order chi connectivity index (χ1) is 9.78. The molecule has 0 saturated carbocycles. The molecule has 2 aromatic heterocycles. The third-order valence-electron chi connectivity index (χ3n) is 3.45. The minimum Gasteiger partial charge on any atom is -0.289 e. The fourth-order valence-corrected chi connectivity index (χ4v) is 2.98. The van der Waals surface area contributed by atoms with E-state index in [4.69, 9.17) is 4.18 Å². The molecule has 0 aliphatic carbocycles. The monoisotopic (exact) mass is 311 g/mol. The van der Waals surface area contributed by atoms with Crippen molar-refractivity contribution < 1.29 is 12.6 Å². The summed E-state index contributed by atoms with van der Waals surface area (Å²) in [7, 11) is -3.62. The van der Waals surface area contributed by atoms with Crippen LogP contribution in [0, 0.1) is 6.92 Å². The van der Waals surface area contributed by atoms with E-state index in [1.807, 2.05) is 0 Å². The molecule has 0 aromatic carbocycles. The smallest absolute Gasteiger partial charge is 0.270 e. The van der Waals surface area contributed by atoms with Crippen molar-refractivity contribution in [2.45, 2.75) is 19.5 Å². The number of hydrogen-bond donors (Lipinski definition) is 0. The molecule has 0 amide bonds. The average Bonchev–Trinajstić information content (AvgIpc) is 2.75. The van der Waals surface area contributed by atoms with E-state index in [0.29, 0.717) is 16.7 Å². The molecule has 1 atom stereocenters. The predicted molar refractivity (Wildman–Crippen MR) is 74.8 cm³/mol. The lowest BCUT2D eigenvalue weighted by atomic mass is 10.2. The summed E-state index contributed by atoms with van der Waals surface area (Å²) >= 11 is 0. The first kappa shape index (κ1) is 14.0. The lowest BCUT2D eigenvalue weighted by Gasteiger charge is -2.12. The van der Waals surface area contributed by atoms with Gasteiger partial charge in [-0.15, -0.1) is 0 Å². The molecule has 1 aliphatic rings. The van der Waals surface area contributed by atoms with E-state index in [-0.39, 0.29) is 24.3 Å². The third kappa shape index (κ3) is 2.28. The summed E-state index contributed by atoms with van der Waals surface area (Å²) in [6, 6.07) is 0.871. The number of aromatic nitrogens is 3. The van der Waals surface area contributed by atoms with Gasteiger partial charge in [0.25, 0.3) is 21.2 Å². The molecule has 2 aromatic rings. The first-order valence-electron chi connectivity index (χ1n) is 6.24. The molecule has 8 nitrogen and oxygen atoms in total. The van der Waals surface area contributed by atoms with E-state index >= 15 is 0 Å². The van der Waals surface area contributed by atoms with E-state index in [9.17, 15) is 18.0 Å². The maximum Gasteiger partial charge on any atom is 0.270 e. The van der Waals surface area contributed by atoms with Gasteiger partial charge in [0.2, 0.25) is 0 Å². The number of rotatable bonds is 3. The average molecular weight is 311 g/mol. The second-order valence-corrected chi connectivity index (χ2v) is 6.70. The summed E-state index contributed by atoms with van der Waals surface area (Å²) in [5.74, 6) is 0. The number of hydrogen-bond acceptors (Lipinski definition) is 6. The molecule has 9 heteroatoms. The Morgan fingerprint density at radius 1 is 1.38 bits per heavy atom. The Labute approximate surface area is 119 Å². The van der Waals surface area contributed by atoms with Crippen molar-refractivity contribution in [2.24, 2.45) is 0 Å². The molecule has 0 radical (unpaired) electrons. The van der Waals surface area contributed by atoms with Crippen LogP contribution in [0.25, 0.3) is 11.2 Å². The van der Waals surface area contributed by atoms with Crippen LogP contribution in [0.1, 0.15) is 11.6 Å². The van der Waals surface area contributed by atoms with Gasteiger partial charge in [-0.2, -0.15) is 8.42 Å². The molecule has 0 N–H and O–H groups in total. The summed E-state index contributed by atoms with van der Waals surface area (Å²) < 4.78 is 29.8. The van der Waals surface area contributed by atoms with Gasteiger partial charge in [0.1, 0.15) is 11.2 Å². The van der Waals surface area contributed by atoms with E-state index in [0.717, 1.165) is 6.26 Å². The predicted octanol–water partition coefficient (Wildman–Crippen LogP) is -0.602. The van der Waals surface area contributed by atoms with Crippen LogP contribution in [-0.4, -0.2) is 35.4 Å². The highest BCUT2D eigenvalue weighted by Gasteiger charge is 2.28. The summed E-state index contributed by atoms with van der Waals surface area (Å²) in [4.78, 5) is 28.1. The van der Waals surface area contributed by atoms with Crippen LogP contribution in [0.4, 0.5) is 0 Å². The standard InChI is InChI=1S/C12H13N3O5S/c1-7-3-9(16)15-8(6-20-21(2,18)19)5-14-10(17)4-13-11(7)12(14)15/h3-4,8H,5-6H2,1-2H3. The Morgan fingerprint density at radius 3 is 2.76 bits per heavy atom. The zero-order valence-corrected chi connectivity index (χ0v) is 12.3. The van der Waals surface area contributed by atoms with Crippen LogP contribution in [-0.2, 0) is 20.8 Å². The maximum atomic E-state index is 12.2. The van der Waals surface area contributed by atoms with Crippen LogP contribution in [0.2, 0.25) is 0 Å². The Hall–Kier alpha value is -2.00. The van der Waals surface area contributed by atoms with Crippen molar-refractivity contribution in [3.05, 3.63) is 38.5 Å². The van der Waals surface area contributed by atoms with Gasteiger partial charge in [-0.1, -0.05) is 0 Å². The van der Waals surface area contributed by atoms with Gasteiger partial charge < -0.3 is 0 Å². The number of nitrogens with zero attached hydrogens (tertiary/aromatic N) is 3. The molecule has 1 unspecified atom stereocenters. The Balaban J connectivity index is 2.20. The van der Waals surface area contributed by atoms with Crippen molar-refractivity contribution in [3.63, 3.8) is 0 Å². The SMILES string of the molecule is Cc1cc(=O)n2c3c1ncc(=O)n3CC2COS(C)(=O)=O. The van der Waals surface area contributed by atoms with E-state index in [1.54, 1.807) is 6.92 Å². The molecule has 0 bridgehead atoms. The lowest BCUT2D eigenvalue weighted by Crippen LogP contribution is -2.26. The number of aryl methyl sites for hydroxylation is 1. The molecule has 21 heavy (non-hydrogen) atoms. The fourth-order valence-electron chi connectivity index (χ4n) is 2.58. The summed E-state index contributed by atoms with van der Waals surface area (Å²) in [6.07, 6.45) is 2.14. The van der Waals surface area contributed by atoms with E-state index < -0.39 is 16.2 Å². The summed E-state index contributed by atoms with van der Waals surface area (Å²) in [5.41, 5.74) is 0.999. The van der Waals surface area contributed by atoms with Crippen LogP contribution < -0.4 is 11.1 Å². The highest BCUT2D eigenvalue weighted by molar-refractivity contribution is 7.85. The van der Waals surface area contributed by atoms with Crippen molar-refractivity contribution >= 4 is 21.3 Å². The molecule has 112 valence electrons. The molecular formula is C12H13N3O5S. The van der Waals surface area contributed by atoms with Crippen molar-refractivity contribution in [1.29, 1.82) is 0 Å². The number of pyridine rings is 1. The van der Waals surface area contributed by atoms with Crippen molar-refractivity contribution in [1.82, 2.24) is 14.1 Å². The highest BCUT2D eigenvalue weighted by atomic mass is 32.2. The quantitative estimate of drug-likeness (QED) is 0.702. The molecule has 0 spiro atoms. The minimum atomic E-state index is -3.62. The van der Waals surface area contributed by atoms with Crippen LogP contribution >= 0.6 is 0 Å². The van der Waals surface area contributed by atoms with Crippen molar-refractivity contribution in [2.75, 3.05) is 12.9 Å². The molecule has 3 rings (SSSR count). The van der Waals surface area contributed by atoms with Gasteiger partial charge >= 0.3 is 0 Å². The maximum absolute atomic E-state index is 12.2. The molecule has 0 fully saturated rings. The zero-order valence-electron chi connectivity index (χ0n) is 11.4. The molecule has 3 heterocycles. The van der Waals surface area contributed by atoms with E-state index in [2.05, 4.69) is 4.98 Å². The molecular weight excluding hydrogens is 298 g/mol. The Bertz CT molecular complexity index is 957. The van der Waals surface area contributed by atoms with Crippen LogP contribution in [0.5, 0.6) is 0 Å². The summed E-state index contributed by atoms with van der Waals surface area (Å²) in [5, 5.41) is 0. The van der Waals surface area contributed by atoms with Gasteiger partial charge in [-0.25, -0.2) is 4.98 Å². The Kier molecular flexibility index (Phi) is 2.99. The Morgan fingerprint density at radius 2 is 2.10 bits per heavy atom. The normalized spacial score (nSPS) is 17.5. The summed E-state index contributed by atoms with van der Waals surface area (Å²) in [6.45, 7) is 1.73. The zero-order chi connectivity index (χ0) is 15.4. The van der Waals surface area contributed by atoms with Crippen molar-refractivity contribution in [3.8, 4) is 0 Å². The van der Waals surface area contributed by atoms with Gasteiger partial charge in [0.15, 0.2) is 0 Å². The van der Waals surface area contributed by atoms with Gasteiger partial charge in [-0.3, -0.25) is 22.9 Å². The second-order valence-electron chi connectivity index (χ2n) is 5.06.